The van der Waals surface area contributed by atoms with Crippen LogP contribution in [0.3, 0.4) is 0 Å². The highest BCUT2D eigenvalue weighted by atomic mass is 35.5. The zero-order valence-electron chi connectivity index (χ0n) is 9.03. The van der Waals surface area contributed by atoms with Gasteiger partial charge in [-0.1, -0.05) is 29.8 Å². The predicted octanol–water partition coefficient (Wildman–Crippen LogP) is 2.98. The van der Waals surface area contributed by atoms with Crippen LogP contribution in [0.4, 0.5) is 0 Å². The van der Waals surface area contributed by atoms with Gasteiger partial charge in [-0.05, 0) is 36.8 Å². The first kappa shape index (κ1) is 10.9. The van der Waals surface area contributed by atoms with E-state index in [0.29, 0.717) is 17.9 Å². The Morgan fingerprint density at radius 2 is 2.20 bits per heavy atom. The highest BCUT2D eigenvalue weighted by molar-refractivity contribution is 6.31. The van der Waals surface area contributed by atoms with Gasteiger partial charge >= 0.3 is 0 Å². The fourth-order valence-corrected chi connectivity index (χ4v) is 2.45. The quantitative estimate of drug-likeness (QED) is 0.796. The minimum Gasteiger partial charge on any atom is -0.305 e. The van der Waals surface area contributed by atoms with Gasteiger partial charge in [-0.2, -0.15) is 5.48 Å². The maximum absolute atomic E-state index is 6.15. The van der Waals surface area contributed by atoms with Crippen LogP contribution in [0.1, 0.15) is 24.8 Å². The molecule has 1 fully saturated rings. The van der Waals surface area contributed by atoms with Gasteiger partial charge in [0.15, 0.2) is 0 Å². The van der Waals surface area contributed by atoms with Gasteiger partial charge < -0.3 is 4.84 Å². The van der Waals surface area contributed by atoms with Crippen molar-refractivity contribution in [2.24, 2.45) is 5.92 Å². The lowest BCUT2D eigenvalue weighted by atomic mass is 10.1. The van der Waals surface area contributed by atoms with Gasteiger partial charge in [-0.15, -0.1) is 0 Å². The molecule has 1 N–H and O–H groups in total. The molecule has 1 aliphatic rings. The van der Waals surface area contributed by atoms with E-state index >= 15 is 0 Å². The Balaban J connectivity index is 2.02. The maximum Gasteiger partial charge on any atom is 0.0572 e. The summed E-state index contributed by atoms with van der Waals surface area (Å²) < 4.78 is 0. The Morgan fingerprint density at radius 3 is 2.87 bits per heavy atom. The molecule has 1 aromatic carbocycles. The third-order valence-electron chi connectivity index (χ3n) is 3.09. The molecule has 2 rings (SSSR count). The molecule has 0 amide bonds. The molecule has 0 radical (unpaired) electrons. The zero-order chi connectivity index (χ0) is 10.8. The molecule has 1 unspecified atom stereocenters. The molecule has 1 saturated carbocycles. The Morgan fingerprint density at radius 1 is 1.47 bits per heavy atom. The molecule has 82 valence electrons. The predicted molar refractivity (Wildman–Crippen MR) is 61.9 cm³/mol. The number of benzene rings is 1. The van der Waals surface area contributed by atoms with E-state index in [1.807, 2.05) is 18.2 Å². The lowest BCUT2D eigenvalue weighted by molar-refractivity contribution is 0.0591. The van der Waals surface area contributed by atoms with E-state index in [1.54, 1.807) is 7.11 Å². The number of hydrogen-bond acceptors (Lipinski definition) is 2. The first-order valence-corrected chi connectivity index (χ1v) is 5.64. The van der Waals surface area contributed by atoms with Crippen molar-refractivity contribution in [3.8, 4) is 0 Å². The summed E-state index contributed by atoms with van der Waals surface area (Å²) in [5.41, 5.74) is 4.26. The van der Waals surface area contributed by atoms with Crippen LogP contribution < -0.4 is 5.48 Å². The highest BCUT2D eigenvalue weighted by Gasteiger charge is 2.42. The van der Waals surface area contributed by atoms with Gasteiger partial charge in [0.2, 0.25) is 0 Å². The van der Waals surface area contributed by atoms with E-state index in [9.17, 15) is 0 Å². The van der Waals surface area contributed by atoms with E-state index in [2.05, 4.69) is 18.5 Å². The maximum atomic E-state index is 6.15. The summed E-state index contributed by atoms with van der Waals surface area (Å²) in [7, 11) is 1.66. The topological polar surface area (TPSA) is 21.3 Å². The third-order valence-corrected chi connectivity index (χ3v) is 3.43. The van der Waals surface area contributed by atoms with E-state index in [-0.39, 0.29) is 0 Å². The molecular weight excluding hydrogens is 210 g/mol. The van der Waals surface area contributed by atoms with E-state index in [0.717, 1.165) is 5.02 Å². The molecule has 0 spiro atoms. The molecule has 0 aromatic heterocycles. The molecule has 3 atom stereocenters. The molecule has 0 saturated heterocycles. The van der Waals surface area contributed by atoms with Crippen LogP contribution in [0.2, 0.25) is 5.02 Å². The lowest BCUT2D eigenvalue weighted by Gasteiger charge is -2.11. The smallest absolute Gasteiger partial charge is 0.0572 e. The summed E-state index contributed by atoms with van der Waals surface area (Å²) in [6.45, 7) is 2.14. The minimum atomic E-state index is 0.385. The van der Waals surface area contributed by atoms with Crippen LogP contribution in [0.15, 0.2) is 24.3 Å². The standard InChI is InChI=1S/C12H16ClNO/c1-8(14-15-2)10-7-11(10)9-5-3-4-6-12(9)13/h3-6,8,10-11,14H,7H2,1-2H3/t8?,10-,11-/m0/s1. The molecule has 2 nitrogen and oxygen atoms in total. The van der Waals surface area contributed by atoms with Crippen molar-refractivity contribution >= 4 is 11.6 Å². The number of rotatable bonds is 4. The molecule has 0 aliphatic heterocycles. The Kier molecular flexibility index (Phi) is 3.29. The summed E-state index contributed by atoms with van der Waals surface area (Å²) in [6, 6.07) is 8.48. The van der Waals surface area contributed by atoms with Crippen LogP contribution >= 0.6 is 11.6 Å². The summed E-state index contributed by atoms with van der Waals surface area (Å²) in [5, 5.41) is 0.884. The average molecular weight is 226 g/mol. The summed E-state index contributed by atoms with van der Waals surface area (Å²) in [5.74, 6) is 1.24. The Bertz CT molecular complexity index is 342. The van der Waals surface area contributed by atoms with Gasteiger partial charge in [0, 0.05) is 11.1 Å². The van der Waals surface area contributed by atoms with Gasteiger partial charge in [-0.25, -0.2) is 0 Å². The van der Waals surface area contributed by atoms with E-state index < -0.39 is 0 Å². The van der Waals surface area contributed by atoms with Crippen LogP contribution in [0.25, 0.3) is 0 Å². The fraction of sp³-hybridized carbons (Fsp3) is 0.500. The molecule has 0 heterocycles. The highest BCUT2D eigenvalue weighted by Crippen LogP contribution is 2.51. The molecule has 1 aliphatic carbocycles. The van der Waals surface area contributed by atoms with Crippen molar-refractivity contribution in [2.45, 2.75) is 25.3 Å². The molecule has 3 heteroatoms. The van der Waals surface area contributed by atoms with Crippen molar-refractivity contribution in [1.29, 1.82) is 0 Å². The van der Waals surface area contributed by atoms with Crippen LogP contribution in [0.5, 0.6) is 0 Å². The second kappa shape index (κ2) is 4.52. The summed E-state index contributed by atoms with van der Waals surface area (Å²) in [6.07, 6.45) is 1.20. The summed E-state index contributed by atoms with van der Waals surface area (Å²) in [4.78, 5) is 4.94. The van der Waals surface area contributed by atoms with Gasteiger partial charge in [0.05, 0.1) is 7.11 Å². The second-order valence-corrected chi connectivity index (χ2v) is 4.55. The van der Waals surface area contributed by atoms with Crippen LogP contribution in [-0.2, 0) is 4.84 Å². The third kappa shape index (κ3) is 2.33. The monoisotopic (exact) mass is 225 g/mol. The molecular formula is C12H16ClNO. The van der Waals surface area contributed by atoms with Crippen molar-refractivity contribution in [3.63, 3.8) is 0 Å². The number of halogens is 1. The van der Waals surface area contributed by atoms with Crippen molar-refractivity contribution in [1.82, 2.24) is 5.48 Å². The summed E-state index contributed by atoms with van der Waals surface area (Å²) >= 11 is 6.15. The zero-order valence-corrected chi connectivity index (χ0v) is 9.79. The van der Waals surface area contributed by atoms with Crippen molar-refractivity contribution < 1.29 is 4.84 Å². The molecule has 0 bridgehead atoms. The fourth-order valence-electron chi connectivity index (χ4n) is 2.17. The first-order valence-electron chi connectivity index (χ1n) is 5.27. The van der Waals surface area contributed by atoms with Crippen molar-refractivity contribution in [3.05, 3.63) is 34.9 Å². The molecule has 1 aromatic rings. The lowest BCUT2D eigenvalue weighted by Crippen LogP contribution is -2.27. The number of hydrogen-bond donors (Lipinski definition) is 1. The van der Waals surface area contributed by atoms with Crippen LogP contribution in [-0.4, -0.2) is 13.2 Å². The normalized spacial score (nSPS) is 26.3. The first-order chi connectivity index (χ1) is 7.24. The van der Waals surface area contributed by atoms with E-state index in [4.69, 9.17) is 16.4 Å². The largest absolute Gasteiger partial charge is 0.305 e. The number of hydroxylamine groups is 1. The van der Waals surface area contributed by atoms with Gasteiger partial charge in [0.1, 0.15) is 0 Å². The number of nitrogens with one attached hydrogen (secondary N) is 1. The Hall–Kier alpha value is -0.570. The van der Waals surface area contributed by atoms with E-state index in [1.165, 1.54) is 12.0 Å². The van der Waals surface area contributed by atoms with Gasteiger partial charge in [-0.3, -0.25) is 0 Å². The molecule has 15 heavy (non-hydrogen) atoms. The SMILES string of the molecule is CONC(C)[C@@H]1C[C@H]1c1ccccc1Cl. The average Bonchev–Trinajstić information content (AvgIpc) is 2.98. The van der Waals surface area contributed by atoms with Crippen molar-refractivity contribution in [2.75, 3.05) is 7.11 Å². The Labute approximate surface area is 95.5 Å². The second-order valence-electron chi connectivity index (χ2n) is 4.14. The minimum absolute atomic E-state index is 0.385. The van der Waals surface area contributed by atoms with Gasteiger partial charge in [0.25, 0.3) is 0 Å². The van der Waals surface area contributed by atoms with Crippen LogP contribution in [0, 0.1) is 5.92 Å².